The number of aliphatic hydroxyl groups is 1. The third-order valence-corrected chi connectivity index (χ3v) is 3.38. The Morgan fingerprint density at radius 3 is 3.00 bits per heavy atom. The summed E-state index contributed by atoms with van der Waals surface area (Å²) in [5.74, 6) is 1.17. The van der Waals surface area contributed by atoms with Gasteiger partial charge in [0.2, 0.25) is 0 Å². The molecule has 0 aromatic carbocycles. The van der Waals surface area contributed by atoms with Crippen molar-refractivity contribution in [1.82, 2.24) is 0 Å². The third kappa shape index (κ3) is 0.983. The van der Waals surface area contributed by atoms with Crippen LogP contribution in [0.25, 0.3) is 0 Å². The van der Waals surface area contributed by atoms with Crippen molar-refractivity contribution < 1.29 is 9.84 Å². The van der Waals surface area contributed by atoms with Crippen molar-refractivity contribution in [2.75, 3.05) is 6.61 Å². The van der Waals surface area contributed by atoms with E-state index in [1.165, 1.54) is 22.5 Å². The van der Waals surface area contributed by atoms with Gasteiger partial charge in [-0.1, -0.05) is 5.57 Å². The fraction of sp³-hybridized carbons (Fsp3) is 0.636. The molecule has 2 heteroatoms. The molecule has 1 aliphatic heterocycles. The Labute approximate surface area is 77.9 Å². The molecule has 70 valence electrons. The van der Waals surface area contributed by atoms with Gasteiger partial charge in [0.15, 0.2) is 0 Å². The largest absolute Gasteiger partial charge is 0.497 e. The SMILES string of the molecule is OC1CCC2=C1C1=C(CC2)OCC1. The van der Waals surface area contributed by atoms with E-state index in [0.29, 0.717) is 0 Å². The lowest BCUT2D eigenvalue weighted by atomic mass is 9.90. The van der Waals surface area contributed by atoms with Gasteiger partial charge in [-0.05, 0) is 30.4 Å². The summed E-state index contributed by atoms with van der Waals surface area (Å²) in [6, 6.07) is 0. The Kier molecular flexibility index (Phi) is 1.53. The van der Waals surface area contributed by atoms with E-state index in [1.54, 1.807) is 0 Å². The average molecular weight is 178 g/mol. The lowest BCUT2D eigenvalue weighted by Gasteiger charge is -2.17. The highest BCUT2D eigenvalue weighted by Gasteiger charge is 2.33. The quantitative estimate of drug-likeness (QED) is 0.614. The van der Waals surface area contributed by atoms with Crippen LogP contribution in [0.1, 0.15) is 32.1 Å². The fourth-order valence-electron chi connectivity index (χ4n) is 2.77. The topological polar surface area (TPSA) is 29.5 Å². The van der Waals surface area contributed by atoms with Gasteiger partial charge in [-0.15, -0.1) is 0 Å². The molecule has 0 bridgehead atoms. The van der Waals surface area contributed by atoms with Gasteiger partial charge in [-0.2, -0.15) is 0 Å². The first-order valence-electron chi connectivity index (χ1n) is 5.11. The van der Waals surface area contributed by atoms with Crippen LogP contribution in [0.2, 0.25) is 0 Å². The molecule has 1 unspecified atom stereocenters. The molecule has 0 saturated carbocycles. The molecular weight excluding hydrogens is 164 g/mol. The second kappa shape index (κ2) is 2.61. The van der Waals surface area contributed by atoms with Crippen LogP contribution in [0.15, 0.2) is 22.5 Å². The van der Waals surface area contributed by atoms with Gasteiger partial charge in [0.05, 0.1) is 18.5 Å². The second-order valence-corrected chi connectivity index (χ2v) is 4.07. The molecule has 13 heavy (non-hydrogen) atoms. The fourth-order valence-corrected chi connectivity index (χ4v) is 2.77. The molecule has 3 rings (SSSR count). The van der Waals surface area contributed by atoms with E-state index >= 15 is 0 Å². The van der Waals surface area contributed by atoms with E-state index in [1.807, 2.05) is 0 Å². The van der Waals surface area contributed by atoms with Gasteiger partial charge in [0.1, 0.15) is 0 Å². The average Bonchev–Trinajstić information content (AvgIpc) is 2.70. The molecule has 2 aliphatic carbocycles. The van der Waals surface area contributed by atoms with Crippen LogP contribution < -0.4 is 0 Å². The van der Waals surface area contributed by atoms with Gasteiger partial charge in [0.25, 0.3) is 0 Å². The normalized spacial score (nSPS) is 31.9. The number of hydrogen-bond acceptors (Lipinski definition) is 2. The number of fused-ring (bicyclic) bond motifs is 1. The predicted octanol–water partition coefficient (Wildman–Crippen LogP) is 1.91. The summed E-state index contributed by atoms with van der Waals surface area (Å²) in [5.41, 5.74) is 4.08. The maximum Gasteiger partial charge on any atom is 0.0999 e. The van der Waals surface area contributed by atoms with Gasteiger partial charge < -0.3 is 9.84 Å². The van der Waals surface area contributed by atoms with Crippen LogP contribution in [0.5, 0.6) is 0 Å². The predicted molar refractivity (Wildman–Crippen MR) is 49.1 cm³/mol. The van der Waals surface area contributed by atoms with E-state index in [-0.39, 0.29) is 6.10 Å². The summed E-state index contributed by atoms with van der Waals surface area (Å²) in [6.07, 6.45) is 5.05. The van der Waals surface area contributed by atoms with Crippen molar-refractivity contribution in [2.45, 2.75) is 38.2 Å². The summed E-state index contributed by atoms with van der Waals surface area (Å²) in [7, 11) is 0. The Hall–Kier alpha value is -0.760. The van der Waals surface area contributed by atoms with E-state index in [2.05, 4.69) is 0 Å². The van der Waals surface area contributed by atoms with Crippen LogP contribution in [-0.4, -0.2) is 17.8 Å². The van der Waals surface area contributed by atoms with E-state index in [0.717, 1.165) is 38.7 Å². The Morgan fingerprint density at radius 2 is 2.08 bits per heavy atom. The van der Waals surface area contributed by atoms with Crippen molar-refractivity contribution in [1.29, 1.82) is 0 Å². The van der Waals surface area contributed by atoms with Crippen molar-refractivity contribution in [2.24, 2.45) is 0 Å². The molecule has 0 spiro atoms. The van der Waals surface area contributed by atoms with E-state index in [4.69, 9.17) is 4.74 Å². The van der Waals surface area contributed by atoms with Crippen molar-refractivity contribution in [3.63, 3.8) is 0 Å². The molecule has 0 fully saturated rings. The van der Waals surface area contributed by atoms with Crippen LogP contribution in [0.4, 0.5) is 0 Å². The highest BCUT2D eigenvalue weighted by atomic mass is 16.5. The summed E-state index contributed by atoms with van der Waals surface area (Å²) >= 11 is 0. The summed E-state index contributed by atoms with van der Waals surface area (Å²) < 4.78 is 5.55. The first-order chi connectivity index (χ1) is 6.36. The molecule has 0 radical (unpaired) electrons. The molecule has 0 aromatic rings. The maximum atomic E-state index is 9.82. The Bertz CT molecular complexity index is 312. The minimum Gasteiger partial charge on any atom is -0.497 e. The van der Waals surface area contributed by atoms with Gasteiger partial charge in [0, 0.05) is 12.8 Å². The lowest BCUT2D eigenvalue weighted by molar-refractivity contribution is 0.213. The minimum atomic E-state index is -0.193. The Balaban J connectivity index is 2.06. The summed E-state index contributed by atoms with van der Waals surface area (Å²) in [4.78, 5) is 0. The summed E-state index contributed by atoms with van der Waals surface area (Å²) in [6.45, 7) is 0.828. The highest BCUT2D eigenvalue weighted by molar-refractivity contribution is 5.47. The van der Waals surface area contributed by atoms with Crippen molar-refractivity contribution in [3.05, 3.63) is 22.5 Å². The van der Waals surface area contributed by atoms with Gasteiger partial charge in [-0.25, -0.2) is 0 Å². The van der Waals surface area contributed by atoms with Crippen LogP contribution in [0.3, 0.4) is 0 Å². The maximum absolute atomic E-state index is 9.82. The lowest BCUT2D eigenvalue weighted by Crippen LogP contribution is -2.10. The van der Waals surface area contributed by atoms with E-state index < -0.39 is 0 Å². The molecule has 1 atom stereocenters. The number of rotatable bonds is 0. The number of hydrogen-bond donors (Lipinski definition) is 1. The first kappa shape index (κ1) is 7.63. The van der Waals surface area contributed by atoms with Gasteiger partial charge in [-0.3, -0.25) is 0 Å². The molecule has 1 N–H and O–H groups in total. The summed E-state index contributed by atoms with van der Waals surface area (Å²) in [5, 5.41) is 9.82. The minimum absolute atomic E-state index is 0.193. The van der Waals surface area contributed by atoms with Crippen LogP contribution in [0, 0.1) is 0 Å². The smallest absolute Gasteiger partial charge is 0.0999 e. The number of aliphatic hydroxyl groups excluding tert-OH is 1. The third-order valence-electron chi connectivity index (χ3n) is 3.38. The van der Waals surface area contributed by atoms with Crippen molar-refractivity contribution in [3.8, 4) is 0 Å². The molecular formula is C11H14O2. The molecule has 0 saturated heterocycles. The highest BCUT2D eigenvalue weighted by Crippen LogP contribution is 2.44. The van der Waals surface area contributed by atoms with Crippen LogP contribution >= 0.6 is 0 Å². The number of ether oxygens (including phenoxy) is 1. The second-order valence-electron chi connectivity index (χ2n) is 4.07. The zero-order chi connectivity index (χ0) is 8.84. The number of allylic oxidation sites excluding steroid dienone is 2. The standard InChI is InChI=1S/C11H14O2/c12-9-3-1-7-2-4-10-8(11(7)9)5-6-13-10/h9,12H,1-6H2. The molecule has 3 aliphatic rings. The molecule has 1 heterocycles. The van der Waals surface area contributed by atoms with Gasteiger partial charge >= 0.3 is 0 Å². The van der Waals surface area contributed by atoms with Crippen molar-refractivity contribution >= 4 is 0 Å². The molecule has 0 aromatic heterocycles. The van der Waals surface area contributed by atoms with Crippen LogP contribution in [-0.2, 0) is 4.74 Å². The molecule has 0 amide bonds. The first-order valence-corrected chi connectivity index (χ1v) is 5.11. The Morgan fingerprint density at radius 1 is 1.15 bits per heavy atom. The zero-order valence-electron chi connectivity index (χ0n) is 7.68. The van der Waals surface area contributed by atoms with E-state index in [9.17, 15) is 5.11 Å². The molecule has 2 nitrogen and oxygen atoms in total. The monoisotopic (exact) mass is 178 g/mol. The zero-order valence-corrected chi connectivity index (χ0v) is 7.68.